The molecule has 0 aromatic heterocycles. The van der Waals surface area contributed by atoms with E-state index in [9.17, 15) is 17.6 Å². The van der Waals surface area contributed by atoms with Gasteiger partial charge in [-0.3, -0.25) is 9.69 Å². The fourth-order valence-electron chi connectivity index (χ4n) is 4.00. The van der Waals surface area contributed by atoms with E-state index in [1.807, 2.05) is 30.0 Å². The zero-order valence-electron chi connectivity index (χ0n) is 18.6. The van der Waals surface area contributed by atoms with Crippen molar-refractivity contribution in [3.63, 3.8) is 0 Å². The summed E-state index contributed by atoms with van der Waals surface area (Å²) in [4.78, 5) is 16.3. The summed E-state index contributed by atoms with van der Waals surface area (Å²) in [5.74, 6) is 0.614. The van der Waals surface area contributed by atoms with Crippen molar-refractivity contribution in [2.75, 3.05) is 52.5 Å². The van der Waals surface area contributed by atoms with E-state index < -0.39 is 15.8 Å². The summed E-state index contributed by atoms with van der Waals surface area (Å²) >= 11 is 0. The van der Waals surface area contributed by atoms with Crippen LogP contribution in [0.15, 0.2) is 47.4 Å². The Hall–Kier alpha value is -2.69. The van der Waals surface area contributed by atoms with E-state index in [1.54, 1.807) is 4.90 Å². The van der Waals surface area contributed by atoms with Crippen LogP contribution in [0.5, 0.6) is 11.5 Å². The molecule has 1 saturated heterocycles. The highest BCUT2D eigenvalue weighted by Crippen LogP contribution is 2.31. The van der Waals surface area contributed by atoms with Crippen LogP contribution in [-0.2, 0) is 21.4 Å². The predicted octanol–water partition coefficient (Wildman–Crippen LogP) is 1.95. The quantitative estimate of drug-likeness (QED) is 0.607. The molecule has 0 bridgehead atoms. The van der Waals surface area contributed by atoms with Crippen molar-refractivity contribution < 1.29 is 27.1 Å². The van der Waals surface area contributed by atoms with E-state index in [-0.39, 0.29) is 30.4 Å². The molecule has 0 aliphatic carbocycles. The van der Waals surface area contributed by atoms with Gasteiger partial charge in [0.2, 0.25) is 15.9 Å². The number of nitrogens with zero attached hydrogens (tertiary/aromatic N) is 3. The highest BCUT2D eigenvalue weighted by molar-refractivity contribution is 7.89. The third-order valence-corrected chi connectivity index (χ3v) is 7.79. The van der Waals surface area contributed by atoms with Gasteiger partial charge in [-0.1, -0.05) is 18.2 Å². The summed E-state index contributed by atoms with van der Waals surface area (Å²) in [6.07, 6.45) is 0. The molecule has 4 rings (SSSR count). The van der Waals surface area contributed by atoms with Gasteiger partial charge in [0.15, 0.2) is 11.5 Å². The lowest BCUT2D eigenvalue weighted by Crippen LogP contribution is -2.51. The number of hydrogen-bond acceptors (Lipinski definition) is 6. The number of hydrogen-bond donors (Lipinski definition) is 0. The molecule has 0 atom stereocenters. The highest BCUT2D eigenvalue weighted by Gasteiger charge is 2.31. The van der Waals surface area contributed by atoms with Gasteiger partial charge < -0.3 is 14.4 Å². The van der Waals surface area contributed by atoms with E-state index in [2.05, 4.69) is 0 Å². The molecule has 0 saturated carbocycles. The number of amides is 1. The Bertz CT molecular complexity index is 1100. The second-order valence-electron chi connectivity index (χ2n) is 8.00. The summed E-state index contributed by atoms with van der Waals surface area (Å²) in [5.41, 5.74) is 0.954. The van der Waals surface area contributed by atoms with Crippen LogP contribution >= 0.6 is 0 Å². The molecule has 2 heterocycles. The summed E-state index contributed by atoms with van der Waals surface area (Å²) in [6.45, 7) is 5.38. The fraction of sp³-hybridized carbons (Fsp3) is 0.435. The zero-order valence-corrected chi connectivity index (χ0v) is 19.4. The molecule has 33 heavy (non-hydrogen) atoms. The first kappa shape index (κ1) is 23.5. The number of benzene rings is 2. The molecule has 2 aliphatic heterocycles. The third-order valence-electron chi connectivity index (χ3n) is 5.86. The lowest BCUT2D eigenvalue weighted by molar-refractivity contribution is -0.133. The van der Waals surface area contributed by atoms with E-state index in [0.29, 0.717) is 50.9 Å². The van der Waals surface area contributed by atoms with Gasteiger partial charge >= 0.3 is 0 Å². The van der Waals surface area contributed by atoms with Gasteiger partial charge in [0.25, 0.3) is 0 Å². The lowest BCUT2D eigenvalue weighted by atomic mass is 10.1. The van der Waals surface area contributed by atoms with Gasteiger partial charge in [-0.2, -0.15) is 4.31 Å². The van der Waals surface area contributed by atoms with Crippen molar-refractivity contribution >= 4 is 15.9 Å². The van der Waals surface area contributed by atoms with Crippen molar-refractivity contribution in [3.05, 3.63) is 53.8 Å². The summed E-state index contributed by atoms with van der Waals surface area (Å²) in [6, 6.07) is 11.1. The summed E-state index contributed by atoms with van der Waals surface area (Å²) in [7, 11) is -3.90. The fourth-order valence-corrected chi connectivity index (χ4v) is 5.48. The summed E-state index contributed by atoms with van der Waals surface area (Å²) < 4.78 is 52.0. The Morgan fingerprint density at radius 2 is 1.73 bits per heavy atom. The second-order valence-corrected chi connectivity index (χ2v) is 9.90. The second kappa shape index (κ2) is 10.1. The monoisotopic (exact) mass is 477 g/mol. The molecule has 2 aromatic rings. The van der Waals surface area contributed by atoms with Crippen molar-refractivity contribution in [1.82, 2.24) is 14.1 Å². The van der Waals surface area contributed by atoms with Gasteiger partial charge in [0, 0.05) is 39.3 Å². The average molecular weight is 478 g/mol. The third kappa shape index (κ3) is 5.29. The minimum Gasteiger partial charge on any atom is -0.486 e. The van der Waals surface area contributed by atoms with Gasteiger partial charge in [-0.25, -0.2) is 12.8 Å². The van der Waals surface area contributed by atoms with Crippen LogP contribution in [0.25, 0.3) is 0 Å². The molecule has 2 aromatic carbocycles. The largest absolute Gasteiger partial charge is 0.486 e. The molecule has 1 fully saturated rings. The zero-order chi connectivity index (χ0) is 23.4. The number of rotatable bonds is 7. The molecule has 0 spiro atoms. The summed E-state index contributed by atoms with van der Waals surface area (Å²) in [5, 5.41) is 0. The van der Waals surface area contributed by atoms with Crippen molar-refractivity contribution in [1.29, 1.82) is 0 Å². The van der Waals surface area contributed by atoms with Crippen LogP contribution in [0.4, 0.5) is 4.39 Å². The van der Waals surface area contributed by atoms with Gasteiger partial charge in [0.1, 0.15) is 23.9 Å². The van der Waals surface area contributed by atoms with Crippen LogP contribution in [0, 0.1) is 5.82 Å². The maximum Gasteiger partial charge on any atom is 0.246 e. The molecule has 1 amide bonds. The first-order valence-corrected chi connectivity index (χ1v) is 12.5. The van der Waals surface area contributed by atoms with E-state index in [1.165, 1.54) is 22.5 Å². The van der Waals surface area contributed by atoms with Crippen LogP contribution in [0.2, 0.25) is 0 Å². The molecule has 10 heteroatoms. The van der Waals surface area contributed by atoms with Gasteiger partial charge in [0.05, 0.1) is 6.54 Å². The van der Waals surface area contributed by atoms with Crippen LogP contribution in [-0.4, -0.2) is 80.9 Å². The first-order valence-electron chi connectivity index (χ1n) is 11.0. The molecule has 2 aliphatic rings. The van der Waals surface area contributed by atoms with E-state index in [0.717, 1.165) is 11.6 Å². The van der Waals surface area contributed by atoms with Crippen molar-refractivity contribution in [2.45, 2.75) is 18.4 Å². The topological polar surface area (TPSA) is 79.4 Å². The maximum atomic E-state index is 14.0. The molecule has 178 valence electrons. The van der Waals surface area contributed by atoms with Gasteiger partial charge in [-0.15, -0.1) is 0 Å². The Morgan fingerprint density at radius 3 is 2.42 bits per heavy atom. The molecular weight excluding hydrogens is 449 g/mol. The number of ether oxygens (including phenoxy) is 2. The average Bonchev–Trinajstić information content (AvgIpc) is 2.83. The standard InChI is InChI=1S/C23H28FN3O5S/c1-2-26(16-18-7-8-20-21(15-18)32-14-13-31-20)23(28)17-25-9-11-27(12-10-25)33(29,30)22-6-4-3-5-19(22)24/h3-8,15H,2,9-14,16-17H2,1H3. The smallest absolute Gasteiger partial charge is 0.246 e. The van der Waals surface area contributed by atoms with Crippen molar-refractivity contribution in [3.8, 4) is 11.5 Å². The van der Waals surface area contributed by atoms with Crippen LogP contribution in [0.1, 0.15) is 12.5 Å². The predicted molar refractivity (Wildman–Crippen MR) is 120 cm³/mol. The number of likely N-dealkylation sites (N-methyl/N-ethyl adjacent to an activating group) is 1. The van der Waals surface area contributed by atoms with Crippen LogP contribution < -0.4 is 9.47 Å². The number of fused-ring (bicyclic) bond motifs is 1. The Kier molecular flexibility index (Phi) is 7.16. The molecule has 8 nitrogen and oxygen atoms in total. The number of carbonyl (C=O) groups excluding carboxylic acids is 1. The van der Waals surface area contributed by atoms with E-state index in [4.69, 9.17) is 9.47 Å². The molecule has 0 N–H and O–H groups in total. The normalized spacial score (nSPS) is 17.0. The SMILES string of the molecule is CCN(Cc1ccc2c(c1)OCCO2)C(=O)CN1CCN(S(=O)(=O)c2ccccc2F)CC1. The minimum absolute atomic E-state index is 0.0298. The molecule has 0 unspecified atom stereocenters. The van der Waals surface area contributed by atoms with Crippen LogP contribution in [0.3, 0.4) is 0 Å². The molecular formula is C23H28FN3O5S. The first-order chi connectivity index (χ1) is 15.9. The molecule has 0 radical (unpaired) electrons. The van der Waals surface area contributed by atoms with E-state index >= 15 is 0 Å². The lowest BCUT2D eigenvalue weighted by Gasteiger charge is -2.34. The highest BCUT2D eigenvalue weighted by atomic mass is 32.2. The number of halogens is 1. The Morgan fingerprint density at radius 1 is 1.03 bits per heavy atom. The number of sulfonamides is 1. The van der Waals surface area contributed by atoms with Crippen molar-refractivity contribution in [2.24, 2.45) is 0 Å². The maximum absolute atomic E-state index is 14.0. The minimum atomic E-state index is -3.90. The number of carbonyl (C=O) groups is 1. The van der Waals surface area contributed by atoms with Gasteiger partial charge in [-0.05, 0) is 36.8 Å². The number of piperazine rings is 1. The Balaban J connectivity index is 1.33. The Labute approximate surface area is 193 Å².